The highest BCUT2D eigenvalue weighted by molar-refractivity contribution is 7.97. The first-order valence-corrected chi connectivity index (χ1v) is 8.78. The molecule has 3 heteroatoms. The van der Waals surface area contributed by atoms with Crippen LogP contribution in [0.2, 0.25) is 5.02 Å². The standard InChI is InChI=1S/C16H24ClNS/c1-2-3-10-19-18-12-14-7-9-16(17)15(11-14)8-6-13-4-5-13/h7,9,11,13,18H,2-6,8,10,12H2,1H3. The van der Waals surface area contributed by atoms with E-state index in [0.717, 1.165) is 23.9 Å². The molecule has 106 valence electrons. The predicted octanol–water partition coefficient (Wildman–Crippen LogP) is 5.22. The van der Waals surface area contributed by atoms with Gasteiger partial charge in [-0.2, -0.15) is 0 Å². The molecule has 0 spiro atoms. The van der Waals surface area contributed by atoms with Gasteiger partial charge in [0, 0.05) is 17.3 Å². The molecule has 1 aliphatic rings. The lowest BCUT2D eigenvalue weighted by Gasteiger charge is -2.08. The zero-order chi connectivity index (χ0) is 13.5. The van der Waals surface area contributed by atoms with E-state index in [4.69, 9.17) is 11.6 Å². The van der Waals surface area contributed by atoms with Gasteiger partial charge >= 0.3 is 0 Å². The molecule has 1 N–H and O–H groups in total. The van der Waals surface area contributed by atoms with E-state index in [-0.39, 0.29) is 0 Å². The van der Waals surface area contributed by atoms with E-state index >= 15 is 0 Å². The minimum Gasteiger partial charge on any atom is -0.260 e. The molecule has 0 aromatic heterocycles. The van der Waals surface area contributed by atoms with Gasteiger partial charge in [-0.3, -0.25) is 4.72 Å². The van der Waals surface area contributed by atoms with Crippen LogP contribution in [0.25, 0.3) is 0 Å². The van der Waals surface area contributed by atoms with Gasteiger partial charge in [-0.15, -0.1) is 0 Å². The normalized spacial score (nSPS) is 14.8. The van der Waals surface area contributed by atoms with Gasteiger partial charge in [0.15, 0.2) is 0 Å². The fourth-order valence-electron chi connectivity index (χ4n) is 2.12. The summed E-state index contributed by atoms with van der Waals surface area (Å²) in [6.45, 7) is 3.16. The summed E-state index contributed by atoms with van der Waals surface area (Å²) >= 11 is 8.11. The van der Waals surface area contributed by atoms with Crippen LogP contribution in [-0.4, -0.2) is 5.75 Å². The van der Waals surface area contributed by atoms with Gasteiger partial charge in [0.1, 0.15) is 0 Å². The summed E-state index contributed by atoms with van der Waals surface area (Å²) in [7, 11) is 0. The van der Waals surface area contributed by atoms with Crippen LogP contribution < -0.4 is 4.72 Å². The van der Waals surface area contributed by atoms with Crippen molar-refractivity contribution >= 4 is 23.5 Å². The molecule has 0 aliphatic heterocycles. The molecule has 2 rings (SSSR count). The van der Waals surface area contributed by atoms with Gasteiger partial charge in [0.25, 0.3) is 0 Å². The van der Waals surface area contributed by atoms with Crippen molar-refractivity contribution in [1.29, 1.82) is 0 Å². The Morgan fingerprint density at radius 1 is 1.37 bits per heavy atom. The van der Waals surface area contributed by atoms with Crippen LogP contribution in [0.1, 0.15) is 50.2 Å². The van der Waals surface area contributed by atoms with Crippen molar-refractivity contribution in [1.82, 2.24) is 4.72 Å². The maximum absolute atomic E-state index is 6.28. The number of aryl methyl sites for hydroxylation is 1. The van der Waals surface area contributed by atoms with Crippen molar-refractivity contribution in [2.75, 3.05) is 5.75 Å². The van der Waals surface area contributed by atoms with Gasteiger partial charge < -0.3 is 0 Å². The maximum atomic E-state index is 6.28. The van der Waals surface area contributed by atoms with Crippen LogP contribution in [0.15, 0.2) is 18.2 Å². The largest absolute Gasteiger partial charge is 0.260 e. The number of hydrogen-bond acceptors (Lipinski definition) is 2. The summed E-state index contributed by atoms with van der Waals surface area (Å²) in [6, 6.07) is 6.46. The van der Waals surface area contributed by atoms with Crippen molar-refractivity contribution in [2.24, 2.45) is 5.92 Å². The van der Waals surface area contributed by atoms with Gasteiger partial charge in [-0.25, -0.2) is 0 Å². The number of nitrogens with one attached hydrogen (secondary N) is 1. The molecule has 0 saturated heterocycles. The van der Waals surface area contributed by atoms with E-state index < -0.39 is 0 Å². The van der Waals surface area contributed by atoms with Crippen LogP contribution >= 0.6 is 23.5 Å². The predicted molar refractivity (Wildman–Crippen MR) is 86.7 cm³/mol. The highest BCUT2D eigenvalue weighted by atomic mass is 35.5. The molecule has 19 heavy (non-hydrogen) atoms. The molecule has 1 aromatic rings. The van der Waals surface area contributed by atoms with Gasteiger partial charge in [-0.05, 0) is 42.4 Å². The number of unbranched alkanes of at least 4 members (excludes halogenated alkanes) is 1. The van der Waals surface area contributed by atoms with E-state index in [9.17, 15) is 0 Å². The second-order valence-electron chi connectivity index (χ2n) is 5.43. The Morgan fingerprint density at radius 2 is 2.21 bits per heavy atom. The highest BCUT2D eigenvalue weighted by Crippen LogP contribution is 2.34. The third-order valence-corrected chi connectivity index (χ3v) is 4.82. The molecule has 1 aliphatic carbocycles. The molecule has 1 nitrogen and oxygen atoms in total. The number of halogens is 1. The molecule has 1 fully saturated rings. The minimum absolute atomic E-state index is 0.933. The van der Waals surface area contributed by atoms with Crippen LogP contribution in [0, 0.1) is 5.92 Å². The third kappa shape index (κ3) is 5.76. The summed E-state index contributed by atoms with van der Waals surface area (Å²) < 4.78 is 3.43. The zero-order valence-corrected chi connectivity index (χ0v) is 13.3. The second-order valence-corrected chi connectivity index (χ2v) is 6.82. The fourth-order valence-corrected chi connectivity index (χ4v) is 3.18. The first-order valence-electron chi connectivity index (χ1n) is 7.41. The lowest BCUT2D eigenvalue weighted by molar-refractivity contribution is 0.726. The fraction of sp³-hybridized carbons (Fsp3) is 0.625. The van der Waals surface area contributed by atoms with E-state index in [0.29, 0.717) is 0 Å². The van der Waals surface area contributed by atoms with E-state index in [1.54, 1.807) is 0 Å². The van der Waals surface area contributed by atoms with Gasteiger partial charge in [0.2, 0.25) is 0 Å². The Bertz CT molecular complexity index is 390. The second kappa shape index (κ2) is 8.18. The third-order valence-electron chi connectivity index (χ3n) is 3.61. The van der Waals surface area contributed by atoms with Gasteiger partial charge in [0.05, 0.1) is 0 Å². The molecule has 0 amide bonds. The van der Waals surface area contributed by atoms with Crippen molar-refractivity contribution in [3.8, 4) is 0 Å². The first-order chi connectivity index (χ1) is 9.29. The lowest BCUT2D eigenvalue weighted by Crippen LogP contribution is -2.05. The number of rotatable bonds is 9. The molecular formula is C16H24ClNS. The molecule has 0 heterocycles. The summed E-state index contributed by atoms with van der Waals surface area (Å²) in [6.07, 6.45) is 7.84. The SMILES string of the molecule is CCCCSNCc1ccc(Cl)c(CCC2CC2)c1. The molecule has 0 unspecified atom stereocenters. The number of hydrogen-bond donors (Lipinski definition) is 1. The quantitative estimate of drug-likeness (QED) is 0.495. The first kappa shape index (κ1) is 15.2. The molecular weight excluding hydrogens is 274 g/mol. The monoisotopic (exact) mass is 297 g/mol. The van der Waals surface area contributed by atoms with E-state index in [2.05, 4.69) is 29.8 Å². The van der Waals surface area contributed by atoms with Crippen molar-refractivity contribution in [3.63, 3.8) is 0 Å². The zero-order valence-electron chi connectivity index (χ0n) is 11.8. The Balaban J connectivity index is 1.77. The molecule has 0 atom stereocenters. The molecule has 1 saturated carbocycles. The summed E-state index contributed by atoms with van der Waals surface area (Å²) in [5.74, 6) is 2.17. The minimum atomic E-state index is 0.933. The van der Waals surface area contributed by atoms with Crippen molar-refractivity contribution < 1.29 is 0 Å². The van der Waals surface area contributed by atoms with E-state index in [1.807, 2.05) is 11.9 Å². The topological polar surface area (TPSA) is 12.0 Å². The van der Waals surface area contributed by atoms with Crippen molar-refractivity contribution in [3.05, 3.63) is 34.3 Å². The van der Waals surface area contributed by atoms with Crippen LogP contribution in [0.5, 0.6) is 0 Å². The molecule has 0 bridgehead atoms. The summed E-state index contributed by atoms with van der Waals surface area (Å²) in [4.78, 5) is 0. The Kier molecular flexibility index (Phi) is 6.55. The van der Waals surface area contributed by atoms with Crippen LogP contribution in [-0.2, 0) is 13.0 Å². The molecule has 0 radical (unpaired) electrons. The van der Waals surface area contributed by atoms with Crippen LogP contribution in [0.3, 0.4) is 0 Å². The average Bonchev–Trinajstić information content (AvgIpc) is 3.23. The Hall–Kier alpha value is -0.180. The average molecular weight is 298 g/mol. The lowest BCUT2D eigenvalue weighted by atomic mass is 10.0. The smallest absolute Gasteiger partial charge is 0.0438 e. The summed E-state index contributed by atoms with van der Waals surface area (Å²) in [5.41, 5.74) is 2.67. The summed E-state index contributed by atoms with van der Waals surface area (Å²) in [5, 5.41) is 0.933. The Morgan fingerprint density at radius 3 is 2.95 bits per heavy atom. The molecule has 1 aromatic carbocycles. The van der Waals surface area contributed by atoms with Crippen molar-refractivity contribution in [2.45, 2.75) is 52.0 Å². The Labute approximate surface area is 126 Å². The highest BCUT2D eigenvalue weighted by Gasteiger charge is 2.20. The number of benzene rings is 1. The van der Waals surface area contributed by atoms with E-state index in [1.165, 1.54) is 49.0 Å². The maximum Gasteiger partial charge on any atom is 0.0438 e. The van der Waals surface area contributed by atoms with Crippen LogP contribution in [0.4, 0.5) is 0 Å². The van der Waals surface area contributed by atoms with Gasteiger partial charge in [-0.1, -0.05) is 61.9 Å².